The van der Waals surface area contributed by atoms with Crippen molar-refractivity contribution in [3.8, 4) is 0 Å². The number of rotatable bonds is 2. The number of nitrogens with two attached hydrogens (primary N) is 1. The Kier molecular flexibility index (Phi) is 4.29. The molecule has 0 radical (unpaired) electrons. The van der Waals surface area contributed by atoms with Crippen LogP contribution in [-0.4, -0.2) is 29.9 Å². The Balaban J connectivity index is 1.68. The van der Waals surface area contributed by atoms with E-state index in [1.165, 1.54) is 30.4 Å². The summed E-state index contributed by atoms with van der Waals surface area (Å²) in [5, 5.41) is 0. The van der Waals surface area contributed by atoms with Gasteiger partial charge < -0.3 is 10.6 Å². The van der Waals surface area contributed by atoms with Gasteiger partial charge in [-0.1, -0.05) is 6.07 Å². The van der Waals surface area contributed by atoms with Gasteiger partial charge in [0.2, 0.25) is 0 Å². The Morgan fingerprint density at radius 2 is 1.86 bits per heavy atom. The monoisotopic (exact) mass is 286 g/mol. The van der Waals surface area contributed by atoms with Crippen LogP contribution in [0.25, 0.3) is 0 Å². The number of nitrogens with zero attached hydrogens (tertiary/aromatic N) is 1. The third kappa shape index (κ3) is 3.13. The van der Waals surface area contributed by atoms with E-state index in [-0.39, 0.29) is 11.9 Å². The molecule has 21 heavy (non-hydrogen) atoms. The van der Waals surface area contributed by atoms with Crippen LogP contribution >= 0.6 is 0 Å². The standard InChI is InChI=1S/C18H26N2O/c1-13(19)14-8-10-20(11-9-14)18(21)17-7-6-15-4-2-3-5-16(15)12-17/h6-7,12-14H,2-5,8-11,19H2,1H3. The molecule has 1 aliphatic heterocycles. The molecule has 2 aliphatic rings. The first kappa shape index (κ1) is 14.6. The minimum Gasteiger partial charge on any atom is -0.339 e. The highest BCUT2D eigenvalue weighted by molar-refractivity contribution is 5.94. The van der Waals surface area contributed by atoms with E-state index in [4.69, 9.17) is 5.73 Å². The van der Waals surface area contributed by atoms with Crippen LogP contribution in [0.5, 0.6) is 0 Å². The van der Waals surface area contributed by atoms with Crippen molar-refractivity contribution in [2.75, 3.05) is 13.1 Å². The van der Waals surface area contributed by atoms with E-state index in [9.17, 15) is 4.79 Å². The fourth-order valence-electron chi connectivity index (χ4n) is 3.68. The number of aryl methyl sites for hydroxylation is 2. The number of piperidine rings is 1. The van der Waals surface area contributed by atoms with Gasteiger partial charge in [0.25, 0.3) is 5.91 Å². The second kappa shape index (κ2) is 6.18. The fourth-order valence-corrected chi connectivity index (χ4v) is 3.68. The van der Waals surface area contributed by atoms with Gasteiger partial charge in [0.1, 0.15) is 0 Å². The molecule has 1 saturated heterocycles. The summed E-state index contributed by atoms with van der Waals surface area (Å²) in [6, 6.07) is 6.56. The predicted octanol–water partition coefficient (Wildman–Crippen LogP) is 2.76. The van der Waals surface area contributed by atoms with Crippen LogP contribution in [0.15, 0.2) is 18.2 Å². The molecular formula is C18H26N2O. The molecule has 1 heterocycles. The number of hydrogen-bond acceptors (Lipinski definition) is 2. The Morgan fingerprint density at radius 1 is 1.19 bits per heavy atom. The number of carbonyl (C=O) groups excluding carboxylic acids is 1. The lowest BCUT2D eigenvalue weighted by Gasteiger charge is -2.34. The van der Waals surface area contributed by atoms with Crippen molar-refractivity contribution in [2.45, 2.75) is 51.5 Å². The predicted molar refractivity (Wildman–Crippen MR) is 85.4 cm³/mol. The summed E-state index contributed by atoms with van der Waals surface area (Å²) in [5.74, 6) is 0.768. The van der Waals surface area contributed by atoms with Crippen molar-refractivity contribution < 1.29 is 4.79 Å². The summed E-state index contributed by atoms with van der Waals surface area (Å²) in [7, 11) is 0. The molecule has 0 bridgehead atoms. The summed E-state index contributed by atoms with van der Waals surface area (Å²) < 4.78 is 0. The van der Waals surface area contributed by atoms with Crippen LogP contribution in [0.4, 0.5) is 0 Å². The minimum atomic E-state index is 0.200. The Labute approximate surface area is 127 Å². The van der Waals surface area contributed by atoms with E-state index < -0.39 is 0 Å². The lowest BCUT2D eigenvalue weighted by atomic mass is 9.89. The molecular weight excluding hydrogens is 260 g/mol. The van der Waals surface area contributed by atoms with Gasteiger partial charge >= 0.3 is 0 Å². The van der Waals surface area contributed by atoms with Crippen molar-refractivity contribution in [2.24, 2.45) is 11.7 Å². The van der Waals surface area contributed by atoms with Crippen molar-refractivity contribution in [1.29, 1.82) is 0 Å². The lowest BCUT2D eigenvalue weighted by molar-refractivity contribution is 0.0681. The highest BCUT2D eigenvalue weighted by Crippen LogP contribution is 2.25. The smallest absolute Gasteiger partial charge is 0.253 e. The first-order valence-electron chi connectivity index (χ1n) is 8.32. The topological polar surface area (TPSA) is 46.3 Å². The van der Waals surface area contributed by atoms with Crippen LogP contribution in [0.1, 0.15) is 54.1 Å². The first-order chi connectivity index (χ1) is 10.1. The molecule has 1 aromatic rings. The van der Waals surface area contributed by atoms with E-state index in [1.54, 1.807) is 0 Å². The lowest BCUT2D eigenvalue weighted by Crippen LogP contribution is -2.42. The number of carbonyl (C=O) groups is 1. The van der Waals surface area contributed by atoms with Gasteiger partial charge in [-0.3, -0.25) is 4.79 Å². The maximum atomic E-state index is 12.7. The van der Waals surface area contributed by atoms with Gasteiger partial charge in [-0.25, -0.2) is 0 Å². The summed E-state index contributed by atoms with van der Waals surface area (Å²) in [4.78, 5) is 14.7. The molecule has 1 unspecified atom stereocenters. The van der Waals surface area contributed by atoms with Crippen molar-refractivity contribution in [3.63, 3.8) is 0 Å². The molecule has 2 N–H and O–H groups in total. The quantitative estimate of drug-likeness (QED) is 0.908. The Hall–Kier alpha value is -1.35. The van der Waals surface area contributed by atoms with Crippen LogP contribution < -0.4 is 5.73 Å². The fraction of sp³-hybridized carbons (Fsp3) is 0.611. The number of benzene rings is 1. The Morgan fingerprint density at radius 3 is 2.52 bits per heavy atom. The molecule has 1 atom stereocenters. The highest BCUT2D eigenvalue weighted by Gasteiger charge is 2.25. The number of amides is 1. The summed E-state index contributed by atoms with van der Waals surface area (Å²) >= 11 is 0. The van der Waals surface area contributed by atoms with Crippen molar-refractivity contribution >= 4 is 5.91 Å². The third-order valence-corrected chi connectivity index (χ3v) is 5.17. The zero-order chi connectivity index (χ0) is 14.8. The van der Waals surface area contributed by atoms with Gasteiger partial charge in [0.05, 0.1) is 0 Å². The normalized spacial score (nSPS) is 21.0. The highest BCUT2D eigenvalue weighted by atomic mass is 16.2. The molecule has 1 fully saturated rings. The van der Waals surface area contributed by atoms with Crippen LogP contribution in [-0.2, 0) is 12.8 Å². The molecule has 0 spiro atoms. The Bertz CT molecular complexity index is 516. The van der Waals surface area contributed by atoms with Crippen LogP contribution in [0, 0.1) is 5.92 Å². The summed E-state index contributed by atoms with van der Waals surface area (Å²) in [6.45, 7) is 3.77. The van der Waals surface area contributed by atoms with Gasteiger partial charge in [0, 0.05) is 24.7 Å². The molecule has 3 heteroatoms. The molecule has 114 valence electrons. The number of hydrogen-bond donors (Lipinski definition) is 1. The number of likely N-dealkylation sites (tertiary alicyclic amines) is 1. The second-order valence-electron chi connectivity index (χ2n) is 6.68. The molecule has 0 aromatic heterocycles. The maximum absolute atomic E-state index is 12.7. The molecule has 1 amide bonds. The number of fused-ring (bicyclic) bond motifs is 1. The van der Waals surface area contributed by atoms with Crippen LogP contribution in [0.3, 0.4) is 0 Å². The maximum Gasteiger partial charge on any atom is 0.253 e. The average molecular weight is 286 g/mol. The third-order valence-electron chi connectivity index (χ3n) is 5.17. The SMILES string of the molecule is CC(N)C1CCN(C(=O)c2ccc3c(c2)CCCC3)CC1. The zero-order valence-corrected chi connectivity index (χ0v) is 13.0. The van der Waals surface area contributed by atoms with E-state index in [2.05, 4.69) is 19.1 Å². The summed E-state index contributed by atoms with van der Waals surface area (Å²) in [6.07, 6.45) is 6.91. The summed E-state index contributed by atoms with van der Waals surface area (Å²) in [5.41, 5.74) is 9.67. The molecule has 1 aromatic carbocycles. The van der Waals surface area contributed by atoms with Crippen molar-refractivity contribution in [1.82, 2.24) is 4.90 Å². The van der Waals surface area contributed by atoms with Crippen molar-refractivity contribution in [3.05, 3.63) is 34.9 Å². The van der Waals surface area contributed by atoms with Gasteiger partial charge in [-0.05, 0) is 74.6 Å². The largest absolute Gasteiger partial charge is 0.339 e. The van der Waals surface area contributed by atoms with Gasteiger partial charge in [0.15, 0.2) is 0 Å². The van der Waals surface area contributed by atoms with Crippen LogP contribution in [0.2, 0.25) is 0 Å². The van der Waals surface area contributed by atoms with E-state index in [0.29, 0.717) is 5.92 Å². The van der Waals surface area contributed by atoms with E-state index >= 15 is 0 Å². The van der Waals surface area contributed by atoms with Gasteiger partial charge in [-0.2, -0.15) is 0 Å². The molecule has 0 saturated carbocycles. The zero-order valence-electron chi connectivity index (χ0n) is 13.0. The van der Waals surface area contributed by atoms with E-state index in [0.717, 1.165) is 37.9 Å². The second-order valence-corrected chi connectivity index (χ2v) is 6.68. The average Bonchev–Trinajstić information content (AvgIpc) is 2.54. The molecule has 3 nitrogen and oxygen atoms in total. The minimum absolute atomic E-state index is 0.200. The van der Waals surface area contributed by atoms with Gasteiger partial charge in [-0.15, -0.1) is 0 Å². The molecule has 1 aliphatic carbocycles. The molecule has 3 rings (SSSR count). The van der Waals surface area contributed by atoms with E-state index in [1.807, 2.05) is 11.0 Å². The first-order valence-corrected chi connectivity index (χ1v) is 8.32.